The number of benzene rings is 1. The first-order valence-electron chi connectivity index (χ1n) is 8.31. The molecule has 1 fully saturated rings. The molecule has 0 aliphatic carbocycles. The third-order valence-corrected chi connectivity index (χ3v) is 3.66. The van der Waals surface area contributed by atoms with Gasteiger partial charge in [-0.25, -0.2) is 0 Å². The van der Waals surface area contributed by atoms with Crippen molar-refractivity contribution >= 4 is 0 Å². The maximum Gasteiger partial charge on any atom is 0.119 e. The summed E-state index contributed by atoms with van der Waals surface area (Å²) in [6, 6.07) is 9.22. The Kier molecular flexibility index (Phi) is 8.40. The minimum absolute atomic E-state index is 0.239. The summed E-state index contributed by atoms with van der Waals surface area (Å²) in [6.07, 6.45) is 2.75. The van der Waals surface area contributed by atoms with Crippen molar-refractivity contribution in [1.82, 2.24) is 10.2 Å². The molecular weight excluding hydrogens is 260 g/mol. The van der Waals surface area contributed by atoms with E-state index in [4.69, 9.17) is 4.74 Å². The summed E-state index contributed by atoms with van der Waals surface area (Å²) in [5.74, 6) is 0.961. The first-order chi connectivity index (χ1) is 10.1. The van der Waals surface area contributed by atoms with E-state index < -0.39 is 0 Å². The molecule has 1 N–H and O–H groups in total. The number of hydrogen-bond donors (Lipinski definition) is 1. The van der Waals surface area contributed by atoms with Crippen LogP contribution in [-0.2, 0) is 6.54 Å². The van der Waals surface area contributed by atoms with Gasteiger partial charge >= 0.3 is 0 Å². The van der Waals surface area contributed by atoms with E-state index in [9.17, 15) is 0 Å². The highest BCUT2D eigenvalue weighted by molar-refractivity contribution is 5.27. The smallest absolute Gasteiger partial charge is 0.119 e. The van der Waals surface area contributed by atoms with Crippen molar-refractivity contribution in [3.8, 4) is 5.75 Å². The summed E-state index contributed by atoms with van der Waals surface area (Å²) in [6.45, 7) is 11.4. The fourth-order valence-corrected chi connectivity index (χ4v) is 2.61. The second kappa shape index (κ2) is 9.80. The van der Waals surface area contributed by atoms with E-state index in [2.05, 4.69) is 55.4 Å². The van der Waals surface area contributed by atoms with Gasteiger partial charge in [-0.1, -0.05) is 26.0 Å². The Hall–Kier alpha value is -1.06. The summed E-state index contributed by atoms with van der Waals surface area (Å²) in [5, 5.41) is 3.42. The predicted molar refractivity (Wildman–Crippen MR) is 90.9 cm³/mol. The van der Waals surface area contributed by atoms with Gasteiger partial charge in [-0.15, -0.1) is 0 Å². The lowest BCUT2D eigenvalue weighted by Gasteiger charge is -2.31. The Labute approximate surface area is 130 Å². The van der Waals surface area contributed by atoms with Crippen molar-refractivity contribution in [2.45, 2.75) is 59.2 Å². The van der Waals surface area contributed by atoms with Crippen LogP contribution in [0.5, 0.6) is 5.75 Å². The molecule has 1 saturated heterocycles. The Bertz CT molecular complexity index is 369. The molecule has 0 bridgehead atoms. The van der Waals surface area contributed by atoms with E-state index in [-0.39, 0.29) is 6.10 Å². The van der Waals surface area contributed by atoms with Crippen LogP contribution in [0.1, 0.15) is 46.1 Å². The zero-order valence-electron chi connectivity index (χ0n) is 14.4. The summed E-state index contributed by atoms with van der Waals surface area (Å²) >= 11 is 0. The molecule has 0 spiro atoms. The average molecular weight is 292 g/mol. The van der Waals surface area contributed by atoms with Crippen LogP contribution in [0, 0.1) is 0 Å². The van der Waals surface area contributed by atoms with Crippen LogP contribution in [-0.4, -0.2) is 37.2 Å². The number of ether oxygens (including phenoxy) is 1. The van der Waals surface area contributed by atoms with Crippen LogP contribution in [0.4, 0.5) is 0 Å². The fraction of sp³-hybridized carbons (Fsp3) is 0.667. The molecule has 1 aliphatic rings. The van der Waals surface area contributed by atoms with Gasteiger partial charge < -0.3 is 10.1 Å². The molecule has 120 valence electrons. The highest BCUT2D eigenvalue weighted by atomic mass is 16.5. The highest BCUT2D eigenvalue weighted by Gasteiger charge is 2.17. The fourth-order valence-electron chi connectivity index (χ4n) is 2.61. The molecule has 3 nitrogen and oxygen atoms in total. The van der Waals surface area contributed by atoms with Gasteiger partial charge in [0.05, 0.1) is 6.10 Å². The highest BCUT2D eigenvalue weighted by Crippen LogP contribution is 2.17. The lowest BCUT2D eigenvalue weighted by atomic mass is 10.0. The summed E-state index contributed by atoms with van der Waals surface area (Å²) < 4.78 is 5.67. The first kappa shape index (κ1) is 18.0. The van der Waals surface area contributed by atoms with Crippen LogP contribution < -0.4 is 10.1 Å². The van der Waals surface area contributed by atoms with Crippen LogP contribution in [0.3, 0.4) is 0 Å². The van der Waals surface area contributed by atoms with Crippen molar-refractivity contribution in [2.24, 2.45) is 0 Å². The monoisotopic (exact) mass is 292 g/mol. The van der Waals surface area contributed by atoms with Gasteiger partial charge in [0, 0.05) is 12.6 Å². The number of hydrogen-bond acceptors (Lipinski definition) is 3. The molecule has 0 atom stereocenters. The average Bonchev–Trinajstić information content (AvgIpc) is 2.51. The molecule has 21 heavy (non-hydrogen) atoms. The minimum atomic E-state index is 0.239. The van der Waals surface area contributed by atoms with Crippen LogP contribution in [0.2, 0.25) is 0 Å². The van der Waals surface area contributed by atoms with E-state index in [0.29, 0.717) is 6.04 Å². The number of piperidine rings is 1. The molecular formula is C18H32N2O. The zero-order valence-corrected chi connectivity index (χ0v) is 14.4. The molecule has 0 amide bonds. The van der Waals surface area contributed by atoms with Gasteiger partial charge in [-0.2, -0.15) is 0 Å². The van der Waals surface area contributed by atoms with Crippen LogP contribution >= 0.6 is 0 Å². The second-order valence-corrected chi connectivity index (χ2v) is 5.71. The Balaban J connectivity index is 0.00000106. The normalized spacial score (nSPS) is 15.8. The minimum Gasteiger partial charge on any atom is -0.491 e. The summed E-state index contributed by atoms with van der Waals surface area (Å²) in [5.41, 5.74) is 1.36. The number of nitrogens with zero attached hydrogens (tertiary/aromatic N) is 1. The van der Waals surface area contributed by atoms with Crippen molar-refractivity contribution in [3.05, 3.63) is 29.8 Å². The second-order valence-electron chi connectivity index (χ2n) is 5.71. The van der Waals surface area contributed by atoms with Gasteiger partial charge in [-0.3, -0.25) is 4.90 Å². The van der Waals surface area contributed by atoms with Gasteiger partial charge in [0.1, 0.15) is 5.75 Å². The van der Waals surface area contributed by atoms with Gasteiger partial charge in [0.2, 0.25) is 0 Å². The van der Waals surface area contributed by atoms with Crippen molar-refractivity contribution in [1.29, 1.82) is 0 Å². The standard InChI is InChI=1S/C16H26N2O.C2H6/c1-13(2)19-16-6-4-14(5-7-16)12-18(3)15-8-10-17-11-9-15;1-2/h4-7,13,15,17H,8-12H2,1-3H3;1-2H3. The topological polar surface area (TPSA) is 24.5 Å². The van der Waals surface area contributed by atoms with Gasteiger partial charge in [0.25, 0.3) is 0 Å². The SMILES string of the molecule is CC.CC(C)Oc1ccc(CN(C)C2CCNCC2)cc1. The summed E-state index contributed by atoms with van der Waals surface area (Å²) in [4.78, 5) is 2.47. The van der Waals surface area contributed by atoms with Crippen LogP contribution in [0.25, 0.3) is 0 Å². The molecule has 1 aliphatic heterocycles. The number of nitrogens with one attached hydrogen (secondary N) is 1. The molecule has 0 saturated carbocycles. The lowest BCUT2D eigenvalue weighted by Crippen LogP contribution is -2.40. The quantitative estimate of drug-likeness (QED) is 0.896. The zero-order chi connectivity index (χ0) is 15.7. The lowest BCUT2D eigenvalue weighted by molar-refractivity contribution is 0.191. The molecule has 1 aromatic rings. The van der Waals surface area contributed by atoms with Crippen molar-refractivity contribution < 1.29 is 4.74 Å². The third kappa shape index (κ3) is 6.49. The van der Waals surface area contributed by atoms with Gasteiger partial charge in [0.15, 0.2) is 0 Å². The predicted octanol–water partition coefficient (Wildman–Crippen LogP) is 3.68. The maximum atomic E-state index is 5.67. The molecule has 3 heteroatoms. The van der Waals surface area contributed by atoms with E-state index in [0.717, 1.165) is 25.4 Å². The Morgan fingerprint density at radius 1 is 1.14 bits per heavy atom. The van der Waals surface area contributed by atoms with Gasteiger partial charge in [-0.05, 0) is 64.5 Å². The van der Waals surface area contributed by atoms with E-state index in [1.54, 1.807) is 0 Å². The van der Waals surface area contributed by atoms with Crippen molar-refractivity contribution in [2.75, 3.05) is 20.1 Å². The maximum absolute atomic E-state index is 5.67. The van der Waals surface area contributed by atoms with E-state index >= 15 is 0 Å². The first-order valence-corrected chi connectivity index (χ1v) is 8.31. The molecule has 0 unspecified atom stereocenters. The molecule has 2 rings (SSSR count). The molecule has 1 aromatic carbocycles. The van der Waals surface area contributed by atoms with Crippen molar-refractivity contribution in [3.63, 3.8) is 0 Å². The molecule has 1 heterocycles. The molecule has 0 aromatic heterocycles. The number of rotatable bonds is 5. The Morgan fingerprint density at radius 3 is 2.24 bits per heavy atom. The summed E-state index contributed by atoms with van der Waals surface area (Å²) in [7, 11) is 2.23. The largest absolute Gasteiger partial charge is 0.491 e. The van der Waals surface area contributed by atoms with E-state index in [1.165, 1.54) is 18.4 Å². The molecule has 0 radical (unpaired) electrons. The third-order valence-electron chi connectivity index (χ3n) is 3.66. The Morgan fingerprint density at radius 2 is 1.71 bits per heavy atom. The van der Waals surface area contributed by atoms with Crippen LogP contribution in [0.15, 0.2) is 24.3 Å². The van der Waals surface area contributed by atoms with E-state index in [1.807, 2.05) is 13.8 Å².